The molecule has 0 fully saturated rings. The Hall–Kier alpha value is -2.94. The smallest absolute Gasteiger partial charge is 0.264 e. The van der Waals surface area contributed by atoms with E-state index in [9.17, 15) is 14.7 Å². The first-order valence-corrected chi connectivity index (χ1v) is 12.0. The number of benzene rings is 2. The van der Waals surface area contributed by atoms with Gasteiger partial charge in [-0.25, -0.2) is 0 Å². The zero-order valence-corrected chi connectivity index (χ0v) is 19.5. The van der Waals surface area contributed by atoms with Gasteiger partial charge in [0.25, 0.3) is 11.8 Å². The molecule has 0 saturated carbocycles. The van der Waals surface area contributed by atoms with Crippen LogP contribution in [0.3, 0.4) is 0 Å². The lowest BCUT2D eigenvalue weighted by Crippen LogP contribution is -2.37. The first-order chi connectivity index (χ1) is 16.6. The molecule has 3 rings (SSSR count). The maximum atomic E-state index is 13.2. The van der Waals surface area contributed by atoms with Gasteiger partial charge >= 0.3 is 0 Å². The molecule has 1 atom stereocenters. The molecule has 0 spiro atoms. The molecule has 1 heterocycles. The van der Waals surface area contributed by atoms with E-state index < -0.39 is 12.7 Å². The molecule has 8 nitrogen and oxygen atoms in total. The fourth-order valence-corrected chi connectivity index (χ4v) is 3.90. The zero-order chi connectivity index (χ0) is 24.2. The second kappa shape index (κ2) is 13.7. The number of aliphatic hydroxyl groups excluding tert-OH is 2. The number of anilines is 1. The number of nitrogens with one attached hydrogen (secondary N) is 2. The van der Waals surface area contributed by atoms with Crippen molar-refractivity contribution in [1.29, 1.82) is 0 Å². The summed E-state index contributed by atoms with van der Waals surface area (Å²) < 4.78 is 5.72. The molecular weight excluding hydrogens is 434 g/mol. The lowest BCUT2D eigenvalue weighted by molar-refractivity contribution is -0.120. The number of rotatable bonds is 7. The summed E-state index contributed by atoms with van der Waals surface area (Å²) in [6.07, 6.45) is 4.29. The Morgan fingerprint density at radius 1 is 1.06 bits per heavy atom. The maximum Gasteiger partial charge on any atom is 0.264 e. The van der Waals surface area contributed by atoms with Gasteiger partial charge in [0.05, 0.1) is 12.7 Å². The first kappa shape index (κ1) is 25.7. The van der Waals surface area contributed by atoms with Crippen LogP contribution in [0.1, 0.15) is 48.0 Å². The van der Waals surface area contributed by atoms with Crippen LogP contribution >= 0.6 is 0 Å². The van der Waals surface area contributed by atoms with E-state index in [0.29, 0.717) is 24.4 Å². The Balaban J connectivity index is 1.81. The molecular formula is C26H35N3O5. The van der Waals surface area contributed by atoms with Gasteiger partial charge in [0.2, 0.25) is 0 Å². The number of nitrogens with zero attached hydrogens (tertiary/aromatic N) is 1. The summed E-state index contributed by atoms with van der Waals surface area (Å²) in [4.78, 5) is 27.6. The normalized spacial score (nSPS) is 15.9. The van der Waals surface area contributed by atoms with E-state index in [1.807, 2.05) is 30.3 Å². The van der Waals surface area contributed by atoms with Gasteiger partial charge in [-0.2, -0.15) is 0 Å². The highest BCUT2D eigenvalue weighted by molar-refractivity contribution is 5.98. The van der Waals surface area contributed by atoms with E-state index in [2.05, 4.69) is 10.6 Å². The van der Waals surface area contributed by atoms with Gasteiger partial charge in [-0.05, 0) is 55.3 Å². The number of hydrogen-bond donors (Lipinski definition) is 4. The number of ether oxygens (including phenoxy) is 1. The monoisotopic (exact) mass is 469 g/mol. The highest BCUT2D eigenvalue weighted by atomic mass is 16.5. The van der Waals surface area contributed by atoms with Crippen molar-refractivity contribution < 1.29 is 24.5 Å². The van der Waals surface area contributed by atoms with E-state index in [4.69, 9.17) is 9.84 Å². The SMILES string of the molecule is O=C(NCC(O)CO)c1ccc2c(c1)CNCCCCCCCN2C(=O)COc1ccccc1. The molecule has 0 radical (unpaired) electrons. The van der Waals surface area contributed by atoms with Gasteiger partial charge in [0.15, 0.2) is 6.61 Å². The Morgan fingerprint density at radius 2 is 1.82 bits per heavy atom. The lowest BCUT2D eigenvalue weighted by atomic mass is 10.0. The van der Waals surface area contributed by atoms with E-state index >= 15 is 0 Å². The van der Waals surface area contributed by atoms with Gasteiger partial charge in [-0.3, -0.25) is 9.59 Å². The van der Waals surface area contributed by atoms with E-state index in [-0.39, 0.29) is 25.0 Å². The molecule has 2 amide bonds. The highest BCUT2D eigenvalue weighted by Gasteiger charge is 2.21. The fraction of sp³-hybridized carbons (Fsp3) is 0.462. The number of hydrogen-bond acceptors (Lipinski definition) is 6. The minimum Gasteiger partial charge on any atom is -0.484 e. The third-order valence-corrected chi connectivity index (χ3v) is 5.80. The van der Waals surface area contributed by atoms with Crippen LogP contribution in [0, 0.1) is 0 Å². The molecule has 8 heteroatoms. The molecule has 4 N–H and O–H groups in total. The summed E-state index contributed by atoms with van der Waals surface area (Å²) in [5.41, 5.74) is 2.05. The van der Waals surface area contributed by atoms with Gasteiger partial charge in [-0.1, -0.05) is 37.5 Å². The zero-order valence-electron chi connectivity index (χ0n) is 19.5. The van der Waals surface area contributed by atoms with Crippen molar-refractivity contribution in [3.8, 4) is 5.75 Å². The first-order valence-electron chi connectivity index (χ1n) is 12.0. The van der Waals surface area contributed by atoms with Crippen molar-refractivity contribution in [3.05, 3.63) is 59.7 Å². The minimum absolute atomic E-state index is 0.0356. The van der Waals surface area contributed by atoms with Crippen molar-refractivity contribution in [3.63, 3.8) is 0 Å². The molecule has 1 unspecified atom stereocenters. The Labute approximate surface area is 200 Å². The summed E-state index contributed by atoms with van der Waals surface area (Å²) in [6, 6.07) is 14.5. The highest BCUT2D eigenvalue weighted by Crippen LogP contribution is 2.24. The number of para-hydroxylation sites is 1. The van der Waals surface area contributed by atoms with Crippen molar-refractivity contribution in [2.45, 2.75) is 44.8 Å². The Bertz CT molecular complexity index is 922. The average Bonchev–Trinajstić information content (AvgIpc) is 2.86. The van der Waals surface area contributed by atoms with Gasteiger partial charge in [-0.15, -0.1) is 0 Å². The molecule has 2 aromatic rings. The quantitative estimate of drug-likeness (QED) is 0.495. The third-order valence-electron chi connectivity index (χ3n) is 5.80. The summed E-state index contributed by atoms with van der Waals surface area (Å²) in [6.45, 7) is 1.45. The standard InChI is InChI=1S/C26H35N3O5/c30-18-22(31)17-28-26(33)20-11-12-24-21(15-20)16-27-13-7-2-1-3-8-14-29(24)25(32)19-34-23-9-5-4-6-10-23/h4-6,9-12,15,22,27,30-31H,1-3,7-8,13-14,16-19H2,(H,28,33). The molecule has 1 aliphatic heterocycles. The summed E-state index contributed by atoms with van der Waals surface area (Å²) >= 11 is 0. The molecule has 1 aliphatic rings. The average molecular weight is 470 g/mol. The maximum absolute atomic E-state index is 13.2. The second-order valence-electron chi connectivity index (χ2n) is 8.48. The van der Waals surface area contributed by atoms with Crippen molar-refractivity contribution in [2.24, 2.45) is 0 Å². The molecule has 0 bridgehead atoms. The number of carbonyl (C=O) groups is 2. The Morgan fingerprint density at radius 3 is 2.62 bits per heavy atom. The van der Waals surface area contributed by atoms with Crippen LogP contribution in [0.5, 0.6) is 5.75 Å². The van der Waals surface area contributed by atoms with Crippen LogP contribution in [-0.2, 0) is 11.3 Å². The fourth-order valence-electron chi connectivity index (χ4n) is 3.90. The predicted octanol–water partition coefficient (Wildman–Crippen LogP) is 2.24. The topological polar surface area (TPSA) is 111 Å². The molecule has 0 aliphatic carbocycles. The van der Waals surface area contributed by atoms with Crippen LogP contribution in [0.2, 0.25) is 0 Å². The van der Waals surface area contributed by atoms with E-state index in [1.165, 1.54) is 0 Å². The van der Waals surface area contributed by atoms with Gasteiger partial charge < -0.3 is 30.5 Å². The largest absolute Gasteiger partial charge is 0.484 e. The number of amides is 2. The molecule has 184 valence electrons. The predicted molar refractivity (Wildman–Crippen MR) is 131 cm³/mol. The summed E-state index contributed by atoms with van der Waals surface area (Å²) in [5.74, 6) is 0.168. The van der Waals surface area contributed by atoms with Crippen LogP contribution in [0.25, 0.3) is 0 Å². The van der Waals surface area contributed by atoms with Gasteiger partial charge in [0, 0.05) is 30.9 Å². The molecule has 34 heavy (non-hydrogen) atoms. The summed E-state index contributed by atoms with van der Waals surface area (Å²) in [7, 11) is 0. The minimum atomic E-state index is -1.01. The molecule has 0 saturated heterocycles. The second-order valence-corrected chi connectivity index (χ2v) is 8.48. The van der Waals surface area contributed by atoms with Crippen LogP contribution < -0.4 is 20.3 Å². The van der Waals surface area contributed by atoms with Crippen LogP contribution in [0.15, 0.2) is 48.5 Å². The van der Waals surface area contributed by atoms with Crippen molar-refractivity contribution in [1.82, 2.24) is 10.6 Å². The lowest BCUT2D eigenvalue weighted by Gasteiger charge is -2.26. The van der Waals surface area contributed by atoms with Crippen LogP contribution in [0.4, 0.5) is 5.69 Å². The van der Waals surface area contributed by atoms with Crippen LogP contribution in [-0.4, -0.2) is 61.0 Å². The number of carbonyl (C=O) groups excluding carboxylic acids is 2. The van der Waals surface area contributed by atoms with Gasteiger partial charge in [0.1, 0.15) is 5.75 Å². The molecule has 2 aromatic carbocycles. The van der Waals surface area contributed by atoms with Crippen molar-refractivity contribution in [2.75, 3.05) is 37.7 Å². The third kappa shape index (κ3) is 7.83. The van der Waals surface area contributed by atoms with E-state index in [0.717, 1.165) is 49.9 Å². The number of fused-ring (bicyclic) bond motifs is 1. The van der Waals surface area contributed by atoms with E-state index in [1.54, 1.807) is 23.1 Å². The van der Waals surface area contributed by atoms with Crippen molar-refractivity contribution >= 4 is 17.5 Å². The molecule has 0 aromatic heterocycles. The summed E-state index contributed by atoms with van der Waals surface area (Å²) in [5, 5.41) is 24.5. The Kier molecular flexibility index (Phi) is 10.3. The number of aliphatic hydroxyl groups is 2.